The normalized spacial score (nSPS) is 17.4. The number of benzene rings is 1. The minimum atomic E-state index is -2.67. The zero-order chi connectivity index (χ0) is 20.5. The summed E-state index contributed by atoms with van der Waals surface area (Å²) in [7, 11) is 1.58. The first-order chi connectivity index (χ1) is 14.0. The molecular weight excluding hydrogens is 380 g/mol. The lowest BCUT2D eigenvalue weighted by molar-refractivity contribution is 0.120. The first kappa shape index (κ1) is 19.4. The second-order valence-corrected chi connectivity index (χ2v) is 7.21. The van der Waals surface area contributed by atoms with Crippen LogP contribution in [0.15, 0.2) is 46.1 Å². The summed E-state index contributed by atoms with van der Waals surface area (Å²) in [6, 6.07) is 8.12. The Hall–Kier alpha value is -2.94. The highest BCUT2D eigenvalue weighted by molar-refractivity contribution is 5.77. The van der Waals surface area contributed by atoms with E-state index in [1.807, 2.05) is 4.90 Å². The number of aromatic nitrogens is 4. The lowest BCUT2D eigenvalue weighted by atomic mass is 10.1. The van der Waals surface area contributed by atoms with Gasteiger partial charge in [-0.1, -0.05) is 12.1 Å². The zero-order valence-electron chi connectivity index (χ0n) is 16.0. The number of halogens is 2. The third-order valence-corrected chi connectivity index (χ3v) is 5.33. The Bertz CT molecular complexity index is 1160. The molecule has 0 bridgehead atoms. The van der Waals surface area contributed by atoms with Gasteiger partial charge in [-0.05, 0) is 37.6 Å². The summed E-state index contributed by atoms with van der Waals surface area (Å²) in [4.78, 5) is 31.9. The number of aryl methyl sites for hydroxylation is 1. The smallest absolute Gasteiger partial charge is 0.270 e. The Morgan fingerprint density at radius 2 is 1.97 bits per heavy atom. The van der Waals surface area contributed by atoms with Crippen LogP contribution in [0.5, 0.6) is 0 Å². The quantitative estimate of drug-likeness (QED) is 0.655. The van der Waals surface area contributed by atoms with E-state index in [9.17, 15) is 18.4 Å². The van der Waals surface area contributed by atoms with Crippen molar-refractivity contribution in [1.29, 1.82) is 0 Å². The molecule has 1 aromatic carbocycles. The van der Waals surface area contributed by atoms with Gasteiger partial charge in [-0.3, -0.25) is 19.1 Å². The first-order valence-corrected chi connectivity index (χ1v) is 9.48. The van der Waals surface area contributed by atoms with Crippen LogP contribution >= 0.6 is 0 Å². The number of fused-ring (bicyclic) bond motifs is 1. The van der Waals surface area contributed by atoms with Gasteiger partial charge < -0.3 is 0 Å². The van der Waals surface area contributed by atoms with E-state index >= 15 is 0 Å². The van der Waals surface area contributed by atoms with Crippen LogP contribution in [0.4, 0.5) is 8.78 Å². The Morgan fingerprint density at radius 1 is 1.17 bits per heavy atom. The Morgan fingerprint density at radius 3 is 2.76 bits per heavy atom. The molecule has 2 aromatic heterocycles. The van der Waals surface area contributed by atoms with Crippen LogP contribution in [0.3, 0.4) is 0 Å². The van der Waals surface area contributed by atoms with Gasteiger partial charge in [0.05, 0.1) is 23.5 Å². The largest absolute Gasteiger partial charge is 0.289 e. The molecule has 1 saturated heterocycles. The van der Waals surface area contributed by atoms with E-state index in [2.05, 4.69) is 10.1 Å². The maximum Gasteiger partial charge on any atom is 0.270 e. The van der Waals surface area contributed by atoms with Gasteiger partial charge in [0.2, 0.25) is 0 Å². The Kier molecular flexibility index (Phi) is 5.23. The van der Waals surface area contributed by atoms with Crippen LogP contribution in [-0.4, -0.2) is 37.2 Å². The van der Waals surface area contributed by atoms with Crippen LogP contribution in [0.2, 0.25) is 0 Å². The third-order valence-electron chi connectivity index (χ3n) is 5.33. The molecule has 29 heavy (non-hydrogen) atoms. The van der Waals surface area contributed by atoms with Crippen molar-refractivity contribution in [1.82, 2.24) is 24.2 Å². The molecule has 7 nitrogen and oxygen atoms in total. The van der Waals surface area contributed by atoms with Crippen molar-refractivity contribution in [3.63, 3.8) is 0 Å². The fourth-order valence-corrected chi connectivity index (χ4v) is 3.96. The van der Waals surface area contributed by atoms with Crippen molar-refractivity contribution in [2.24, 2.45) is 7.05 Å². The van der Waals surface area contributed by atoms with Crippen LogP contribution in [-0.2, 0) is 20.1 Å². The summed E-state index contributed by atoms with van der Waals surface area (Å²) in [5.41, 5.74) is 0.398. The summed E-state index contributed by atoms with van der Waals surface area (Å²) < 4.78 is 28.9. The average Bonchev–Trinajstić information content (AvgIpc) is 3.15. The van der Waals surface area contributed by atoms with E-state index in [4.69, 9.17) is 0 Å². The van der Waals surface area contributed by atoms with Crippen molar-refractivity contribution in [2.75, 3.05) is 6.54 Å². The maximum atomic E-state index is 13.3. The van der Waals surface area contributed by atoms with Crippen molar-refractivity contribution in [3.8, 4) is 0 Å². The van der Waals surface area contributed by atoms with Crippen LogP contribution in [0, 0.1) is 0 Å². The van der Waals surface area contributed by atoms with E-state index in [0.717, 1.165) is 11.0 Å². The zero-order valence-corrected chi connectivity index (χ0v) is 16.0. The summed E-state index contributed by atoms with van der Waals surface area (Å²) in [6.45, 7) is 0.331. The first-order valence-electron chi connectivity index (χ1n) is 9.48. The molecule has 1 atom stereocenters. The minimum absolute atomic E-state index is 0.199. The molecule has 3 heterocycles. The summed E-state index contributed by atoms with van der Waals surface area (Å²) >= 11 is 0. The van der Waals surface area contributed by atoms with Crippen molar-refractivity contribution >= 4 is 10.9 Å². The number of alkyl halides is 2. The van der Waals surface area contributed by atoms with Gasteiger partial charge in [-0.15, -0.1) is 0 Å². The highest BCUT2D eigenvalue weighted by atomic mass is 19.3. The molecule has 1 fully saturated rings. The van der Waals surface area contributed by atoms with Crippen molar-refractivity contribution in [2.45, 2.75) is 38.4 Å². The van der Waals surface area contributed by atoms with E-state index in [-0.39, 0.29) is 11.6 Å². The molecule has 0 aliphatic carbocycles. The molecule has 0 N–H and O–H groups in total. The van der Waals surface area contributed by atoms with Gasteiger partial charge in [0.1, 0.15) is 5.82 Å². The topological polar surface area (TPSA) is 73.0 Å². The number of hydrogen-bond acceptors (Lipinski definition) is 5. The molecule has 0 spiro atoms. The highest BCUT2D eigenvalue weighted by Crippen LogP contribution is 2.32. The second-order valence-electron chi connectivity index (χ2n) is 7.21. The SMILES string of the molecule is Cn1nccc(CN2CCCC2c2nc3ccccc3c(=O)n2CC(F)F)c1=O. The fraction of sp³-hybridized carbons (Fsp3) is 0.400. The lowest BCUT2D eigenvalue weighted by Crippen LogP contribution is -2.35. The molecule has 0 radical (unpaired) electrons. The molecular formula is C20H21F2N5O2. The van der Waals surface area contributed by atoms with Gasteiger partial charge in [0.15, 0.2) is 0 Å². The molecule has 0 saturated carbocycles. The maximum absolute atomic E-state index is 13.3. The number of nitrogens with zero attached hydrogens (tertiary/aromatic N) is 5. The van der Waals surface area contributed by atoms with Gasteiger partial charge in [-0.25, -0.2) is 18.4 Å². The number of likely N-dealkylation sites (tertiary alicyclic amines) is 1. The lowest BCUT2D eigenvalue weighted by Gasteiger charge is -2.26. The monoisotopic (exact) mass is 401 g/mol. The van der Waals surface area contributed by atoms with Gasteiger partial charge in [0, 0.05) is 25.4 Å². The highest BCUT2D eigenvalue weighted by Gasteiger charge is 2.31. The molecule has 1 aliphatic heterocycles. The van der Waals surface area contributed by atoms with Gasteiger partial charge in [0.25, 0.3) is 17.5 Å². The fourth-order valence-electron chi connectivity index (χ4n) is 3.96. The molecule has 4 rings (SSSR count). The number of para-hydroxylation sites is 1. The van der Waals surface area contributed by atoms with Crippen LogP contribution < -0.4 is 11.1 Å². The summed E-state index contributed by atoms with van der Waals surface area (Å²) in [6.07, 6.45) is 0.395. The summed E-state index contributed by atoms with van der Waals surface area (Å²) in [5, 5.41) is 4.25. The average molecular weight is 401 g/mol. The minimum Gasteiger partial charge on any atom is -0.289 e. The van der Waals surface area contributed by atoms with Crippen molar-refractivity contribution < 1.29 is 8.78 Å². The van der Waals surface area contributed by atoms with E-state index in [1.165, 1.54) is 4.68 Å². The summed E-state index contributed by atoms with van der Waals surface area (Å²) in [5.74, 6) is 0.331. The van der Waals surface area contributed by atoms with Crippen LogP contribution in [0.25, 0.3) is 10.9 Å². The molecule has 0 amide bonds. The third kappa shape index (κ3) is 3.69. The predicted octanol–water partition coefficient (Wildman–Crippen LogP) is 2.09. The Balaban J connectivity index is 1.78. The molecule has 3 aromatic rings. The predicted molar refractivity (Wildman–Crippen MR) is 104 cm³/mol. The molecule has 9 heteroatoms. The number of rotatable bonds is 5. The van der Waals surface area contributed by atoms with E-state index in [0.29, 0.717) is 41.8 Å². The molecule has 1 unspecified atom stereocenters. The Labute approximate surface area is 165 Å². The standard InChI is InChI=1S/C20H21F2N5O2/c1-25-19(28)13(8-9-23-25)11-26-10-4-7-16(26)18-24-15-6-3-2-5-14(15)20(29)27(18)12-17(21)22/h2-3,5-6,8-9,16-17H,4,7,10-12H2,1H3. The van der Waals surface area contributed by atoms with E-state index in [1.54, 1.807) is 43.6 Å². The van der Waals surface area contributed by atoms with Crippen LogP contribution in [0.1, 0.15) is 30.3 Å². The van der Waals surface area contributed by atoms with Crippen molar-refractivity contribution in [3.05, 3.63) is 68.6 Å². The van der Waals surface area contributed by atoms with Gasteiger partial charge in [-0.2, -0.15) is 5.10 Å². The number of hydrogen-bond donors (Lipinski definition) is 0. The molecule has 152 valence electrons. The van der Waals surface area contributed by atoms with Gasteiger partial charge >= 0.3 is 0 Å². The molecule has 1 aliphatic rings. The second kappa shape index (κ2) is 7.82. The van der Waals surface area contributed by atoms with E-state index < -0.39 is 18.5 Å².